The van der Waals surface area contributed by atoms with Crippen LogP contribution in [0.3, 0.4) is 0 Å². The summed E-state index contributed by atoms with van der Waals surface area (Å²) in [7, 11) is 1.78. The zero-order valence-electron chi connectivity index (χ0n) is 8.21. The molecule has 0 aromatic carbocycles. The van der Waals surface area contributed by atoms with Gasteiger partial charge in [-0.05, 0) is 19.8 Å². The first-order chi connectivity index (χ1) is 5.88. The van der Waals surface area contributed by atoms with E-state index in [-0.39, 0.29) is 0 Å². The smallest absolute Gasteiger partial charge is 0.0625 e. The van der Waals surface area contributed by atoms with Crippen molar-refractivity contribution in [3.8, 4) is 0 Å². The van der Waals surface area contributed by atoms with Crippen LogP contribution in [-0.2, 0) is 9.47 Å². The van der Waals surface area contributed by atoms with Gasteiger partial charge in [0.15, 0.2) is 0 Å². The molecular formula is C10H20O2. The summed E-state index contributed by atoms with van der Waals surface area (Å²) < 4.78 is 10.8. The molecule has 0 spiro atoms. The first kappa shape index (κ1) is 10.0. The fourth-order valence-electron chi connectivity index (χ4n) is 2.01. The van der Waals surface area contributed by atoms with E-state index in [1.165, 1.54) is 25.7 Å². The highest BCUT2D eigenvalue weighted by molar-refractivity contribution is 4.75. The Labute approximate surface area is 75.2 Å². The Morgan fingerprint density at radius 2 is 2.00 bits per heavy atom. The third-order valence-corrected chi connectivity index (χ3v) is 2.60. The summed E-state index contributed by atoms with van der Waals surface area (Å²) >= 11 is 0. The molecule has 0 saturated heterocycles. The summed E-state index contributed by atoms with van der Waals surface area (Å²) in [6.07, 6.45) is 5.63. The van der Waals surface area contributed by atoms with E-state index in [2.05, 4.69) is 6.92 Å². The second-order valence-corrected chi connectivity index (χ2v) is 3.49. The molecule has 0 aromatic rings. The lowest BCUT2D eigenvalue weighted by Gasteiger charge is -2.30. The molecule has 12 heavy (non-hydrogen) atoms. The molecule has 0 heterocycles. The Morgan fingerprint density at radius 3 is 2.67 bits per heavy atom. The topological polar surface area (TPSA) is 18.5 Å². The number of hydrogen-bond donors (Lipinski definition) is 0. The average Bonchev–Trinajstić information content (AvgIpc) is 2.09. The second kappa shape index (κ2) is 5.55. The van der Waals surface area contributed by atoms with Crippen LogP contribution in [0.5, 0.6) is 0 Å². The van der Waals surface area contributed by atoms with Crippen molar-refractivity contribution in [3.05, 3.63) is 0 Å². The van der Waals surface area contributed by atoms with Crippen LogP contribution in [0.25, 0.3) is 0 Å². The number of rotatable bonds is 4. The van der Waals surface area contributed by atoms with Crippen molar-refractivity contribution < 1.29 is 9.47 Å². The summed E-state index contributed by atoms with van der Waals surface area (Å²) in [5, 5.41) is 0. The van der Waals surface area contributed by atoms with E-state index in [9.17, 15) is 0 Å². The molecule has 2 heteroatoms. The van der Waals surface area contributed by atoms with Crippen molar-refractivity contribution in [2.45, 2.75) is 38.7 Å². The number of ether oxygens (including phenoxy) is 2. The maximum absolute atomic E-state index is 5.67. The van der Waals surface area contributed by atoms with E-state index in [1.807, 2.05) is 0 Å². The van der Waals surface area contributed by atoms with E-state index in [4.69, 9.17) is 9.47 Å². The zero-order chi connectivity index (χ0) is 8.81. The first-order valence-corrected chi connectivity index (χ1v) is 4.99. The van der Waals surface area contributed by atoms with E-state index < -0.39 is 0 Å². The van der Waals surface area contributed by atoms with Gasteiger partial charge in [-0.2, -0.15) is 0 Å². The van der Waals surface area contributed by atoms with Gasteiger partial charge in [0, 0.05) is 19.6 Å². The summed E-state index contributed by atoms with van der Waals surface area (Å²) in [6, 6.07) is 0. The third kappa shape index (κ3) is 2.76. The highest BCUT2D eigenvalue weighted by Gasteiger charge is 2.24. The van der Waals surface area contributed by atoms with Gasteiger partial charge in [-0.3, -0.25) is 0 Å². The van der Waals surface area contributed by atoms with Gasteiger partial charge < -0.3 is 9.47 Å². The Bertz CT molecular complexity index is 96.4. The Balaban J connectivity index is 2.31. The lowest BCUT2D eigenvalue weighted by atomic mass is 9.87. The molecular weight excluding hydrogens is 152 g/mol. The van der Waals surface area contributed by atoms with Crippen molar-refractivity contribution in [1.29, 1.82) is 0 Å². The average molecular weight is 172 g/mol. The molecule has 72 valence electrons. The van der Waals surface area contributed by atoms with Crippen LogP contribution in [0.4, 0.5) is 0 Å². The van der Waals surface area contributed by atoms with Gasteiger partial charge in [0.05, 0.1) is 12.7 Å². The molecule has 0 aromatic heterocycles. The minimum absolute atomic E-state index is 0.462. The predicted octanol–water partition coefficient (Wildman–Crippen LogP) is 2.23. The van der Waals surface area contributed by atoms with E-state index in [1.54, 1.807) is 7.11 Å². The van der Waals surface area contributed by atoms with E-state index in [0.717, 1.165) is 13.2 Å². The van der Waals surface area contributed by atoms with Crippen molar-refractivity contribution in [2.75, 3.05) is 20.3 Å². The van der Waals surface area contributed by atoms with Gasteiger partial charge >= 0.3 is 0 Å². The molecule has 0 radical (unpaired) electrons. The highest BCUT2D eigenvalue weighted by atomic mass is 16.5. The van der Waals surface area contributed by atoms with Gasteiger partial charge in [0.25, 0.3) is 0 Å². The lowest BCUT2D eigenvalue weighted by molar-refractivity contribution is -0.0303. The quantitative estimate of drug-likeness (QED) is 0.647. The van der Waals surface area contributed by atoms with Gasteiger partial charge in [0.2, 0.25) is 0 Å². The molecule has 0 amide bonds. The van der Waals surface area contributed by atoms with Crippen LogP contribution in [0.15, 0.2) is 0 Å². The molecule has 0 aliphatic heterocycles. The van der Waals surface area contributed by atoms with Crippen LogP contribution in [-0.4, -0.2) is 26.4 Å². The fraction of sp³-hybridized carbons (Fsp3) is 1.00. The summed E-state index contributed by atoms with van der Waals surface area (Å²) in [5.41, 5.74) is 0. The van der Waals surface area contributed by atoms with Gasteiger partial charge in [-0.25, -0.2) is 0 Å². The largest absolute Gasteiger partial charge is 0.384 e. The molecule has 1 fully saturated rings. The molecule has 0 bridgehead atoms. The maximum atomic E-state index is 5.67. The zero-order valence-corrected chi connectivity index (χ0v) is 8.21. The molecule has 1 aliphatic rings. The first-order valence-electron chi connectivity index (χ1n) is 4.99. The van der Waals surface area contributed by atoms with Crippen molar-refractivity contribution >= 4 is 0 Å². The Kier molecular flexibility index (Phi) is 4.62. The van der Waals surface area contributed by atoms with Crippen LogP contribution >= 0.6 is 0 Å². The Morgan fingerprint density at radius 1 is 1.25 bits per heavy atom. The highest BCUT2D eigenvalue weighted by Crippen LogP contribution is 2.26. The van der Waals surface area contributed by atoms with Crippen molar-refractivity contribution in [2.24, 2.45) is 5.92 Å². The van der Waals surface area contributed by atoms with Crippen LogP contribution in [0.1, 0.15) is 32.6 Å². The van der Waals surface area contributed by atoms with Gasteiger partial charge in [-0.1, -0.05) is 12.8 Å². The normalized spacial score (nSPS) is 30.5. The molecule has 1 saturated carbocycles. The van der Waals surface area contributed by atoms with Gasteiger partial charge in [-0.15, -0.1) is 0 Å². The molecule has 2 atom stereocenters. The predicted molar refractivity (Wildman–Crippen MR) is 49.2 cm³/mol. The maximum Gasteiger partial charge on any atom is 0.0625 e. The molecule has 1 aliphatic carbocycles. The van der Waals surface area contributed by atoms with E-state index in [0.29, 0.717) is 12.0 Å². The van der Waals surface area contributed by atoms with Crippen molar-refractivity contribution in [3.63, 3.8) is 0 Å². The minimum atomic E-state index is 0.462. The lowest BCUT2D eigenvalue weighted by Crippen LogP contribution is -2.30. The number of methoxy groups -OCH3 is 1. The van der Waals surface area contributed by atoms with Crippen molar-refractivity contribution in [1.82, 2.24) is 0 Å². The molecule has 1 rings (SSSR count). The summed E-state index contributed by atoms with van der Waals surface area (Å²) in [4.78, 5) is 0. The molecule has 0 N–H and O–H groups in total. The Hall–Kier alpha value is -0.0800. The molecule has 2 unspecified atom stereocenters. The van der Waals surface area contributed by atoms with E-state index >= 15 is 0 Å². The monoisotopic (exact) mass is 172 g/mol. The second-order valence-electron chi connectivity index (χ2n) is 3.49. The summed E-state index contributed by atoms with van der Waals surface area (Å²) in [5.74, 6) is 0.642. The number of hydrogen-bond acceptors (Lipinski definition) is 2. The SMILES string of the molecule is CCOC1CCCCC1COC. The van der Waals surface area contributed by atoms with Crippen LogP contribution in [0.2, 0.25) is 0 Å². The molecule has 2 nitrogen and oxygen atoms in total. The fourth-order valence-corrected chi connectivity index (χ4v) is 2.01. The summed E-state index contributed by atoms with van der Waals surface area (Å²) in [6.45, 7) is 3.77. The minimum Gasteiger partial charge on any atom is -0.384 e. The third-order valence-electron chi connectivity index (χ3n) is 2.60. The van der Waals surface area contributed by atoms with Crippen LogP contribution in [0, 0.1) is 5.92 Å². The van der Waals surface area contributed by atoms with Crippen LogP contribution < -0.4 is 0 Å². The van der Waals surface area contributed by atoms with Gasteiger partial charge in [0.1, 0.15) is 0 Å². The standard InChI is InChI=1S/C10H20O2/c1-3-12-10-7-5-4-6-9(10)8-11-2/h9-10H,3-8H2,1-2H3.